The van der Waals surface area contributed by atoms with Crippen LogP contribution >= 0.6 is 0 Å². The Morgan fingerprint density at radius 1 is 0.590 bits per heavy atom. The zero-order chi connectivity index (χ0) is 42.3. The third-order valence-corrected chi connectivity index (χ3v) is 17.0. The van der Waals surface area contributed by atoms with Crippen molar-refractivity contribution in [3.8, 4) is 23.0 Å². The fraction of sp³-hybridized carbons (Fsp3) is 0.472. The van der Waals surface area contributed by atoms with Gasteiger partial charge in [-0.3, -0.25) is 0 Å². The van der Waals surface area contributed by atoms with Gasteiger partial charge in [0.25, 0.3) is 0 Å². The summed E-state index contributed by atoms with van der Waals surface area (Å²) in [5, 5.41) is 0. The summed E-state index contributed by atoms with van der Waals surface area (Å²) in [5.41, 5.74) is 3.97. The van der Waals surface area contributed by atoms with E-state index < -0.39 is 23.9 Å². The molecule has 8 atom stereocenters. The molecule has 0 spiro atoms. The number of fused-ring (bicyclic) bond motifs is 7. The molecule has 2 heterocycles. The minimum absolute atomic E-state index is 0.219. The molecule has 0 saturated heterocycles. The van der Waals surface area contributed by atoms with Gasteiger partial charge >= 0.3 is 23.9 Å². The number of unbranched alkanes of at least 4 members (excludes halogenated alkanes) is 1. The Balaban J connectivity index is 0.933. The minimum atomic E-state index is -0.655. The summed E-state index contributed by atoms with van der Waals surface area (Å²) in [7, 11) is 0. The maximum atomic E-state index is 12.2. The molecule has 0 bridgehead atoms. The molecule has 2 aliphatic heterocycles. The third kappa shape index (κ3) is 6.53. The average Bonchev–Trinajstić information content (AvgIpc) is 3.87. The zero-order valence-corrected chi connectivity index (χ0v) is 35.8. The number of carbonyl (C=O) groups excluding carboxylic acids is 4. The molecule has 4 fully saturated rings. The van der Waals surface area contributed by atoms with Crippen molar-refractivity contribution in [2.75, 3.05) is 0 Å². The van der Waals surface area contributed by atoms with Crippen molar-refractivity contribution in [1.82, 2.24) is 0 Å². The van der Waals surface area contributed by atoms with Crippen LogP contribution in [0.5, 0.6) is 23.0 Å². The van der Waals surface area contributed by atoms with Gasteiger partial charge in [-0.2, -0.15) is 0 Å². The lowest BCUT2D eigenvalue weighted by Gasteiger charge is -2.63. The first-order valence-corrected chi connectivity index (χ1v) is 22.8. The van der Waals surface area contributed by atoms with Gasteiger partial charge in [0, 0.05) is 5.41 Å². The van der Waals surface area contributed by atoms with Crippen molar-refractivity contribution in [3.05, 3.63) is 118 Å². The van der Waals surface area contributed by atoms with E-state index in [0.717, 1.165) is 42.4 Å². The molecule has 316 valence electrons. The monoisotopic (exact) mass is 820 g/mol. The van der Waals surface area contributed by atoms with Gasteiger partial charge in [-0.1, -0.05) is 71.2 Å². The summed E-state index contributed by atoms with van der Waals surface area (Å²) in [6.07, 6.45) is 15.4. The summed E-state index contributed by atoms with van der Waals surface area (Å²) >= 11 is 0. The fourth-order valence-electron chi connectivity index (χ4n) is 13.9. The van der Waals surface area contributed by atoms with Crippen LogP contribution in [0.15, 0.2) is 84.9 Å². The van der Waals surface area contributed by atoms with Crippen molar-refractivity contribution >= 4 is 23.9 Å². The van der Waals surface area contributed by atoms with Crippen LogP contribution in [0.4, 0.5) is 0 Å². The predicted octanol–water partition coefficient (Wildman–Crippen LogP) is 12.7. The summed E-state index contributed by atoms with van der Waals surface area (Å²) in [4.78, 5) is 48.5. The standard InChI is InChI=1S/C53H56O8/c1-5-6-7-31(2)44-22-23-45-41-19-12-34-30-53(27-26-51(34,3)46(41)24-25-52(44,45)4,32-8-13-35(14-9-32)58-37-17-20-39-42(28-37)49(56)60-47(39)54)33-10-15-36(16-11-33)59-38-18-21-40-43(29-38)50(57)61-48(40)55/h8-11,13-18,20-21,28-29,31,34,41,44-46H,5-7,12,19,22-27,30H2,1-4H3. The van der Waals surface area contributed by atoms with E-state index in [9.17, 15) is 19.2 Å². The van der Waals surface area contributed by atoms with Crippen molar-refractivity contribution in [3.63, 3.8) is 0 Å². The molecule has 6 aliphatic rings. The van der Waals surface area contributed by atoms with E-state index in [-0.39, 0.29) is 33.1 Å². The quantitative estimate of drug-likeness (QED) is 0.115. The van der Waals surface area contributed by atoms with Gasteiger partial charge in [-0.05, 0) is 176 Å². The minimum Gasteiger partial charge on any atom is -0.457 e. The topological polar surface area (TPSA) is 105 Å². The van der Waals surface area contributed by atoms with E-state index in [2.05, 4.69) is 52.0 Å². The molecule has 0 radical (unpaired) electrons. The highest BCUT2D eigenvalue weighted by Gasteiger charge is 2.62. The Kier molecular flexibility index (Phi) is 9.80. The summed E-state index contributed by atoms with van der Waals surface area (Å²) in [6.45, 7) is 10.2. The number of carbonyl (C=O) groups is 4. The Hall–Kier alpha value is -5.24. The molecule has 8 nitrogen and oxygen atoms in total. The average molecular weight is 821 g/mol. The van der Waals surface area contributed by atoms with E-state index in [1.165, 1.54) is 75.3 Å². The Labute approximate surface area is 358 Å². The number of ether oxygens (including phenoxy) is 4. The van der Waals surface area contributed by atoms with E-state index in [0.29, 0.717) is 34.3 Å². The van der Waals surface area contributed by atoms with Crippen LogP contribution in [0.2, 0.25) is 0 Å². The normalized spacial score (nSPS) is 30.0. The van der Waals surface area contributed by atoms with E-state index in [1.807, 2.05) is 24.3 Å². The molecule has 8 heteroatoms. The van der Waals surface area contributed by atoms with Crippen LogP contribution in [-0.2, 0) is 14.9 Å². The summed E-state index contributed by atoms with van der Waals surface area (Å²) in [6, 6.07) is 26.5. The van der Waals surface area contributed by atoms with Crippen molar-refractivity contribution in [1.29, 1.82) is 0 Å². The summed E-state index contributed by atoms with van der Waals surface area (Å²) in [5.74, 6) is 4.34. The molecule has 4 aromatic carbocycles. The van der Waals surface area contributed by atoms with Crippen LogP contribution in [0.25, 0.3) is 0 Å². The van der Waals surface area contributed by atoms with E-state index in [1.54, 1.807) is 36.4 Å². The van der Waals surface area contributed by atoms with Crippen molar-refractivity contribution in [2.45, 2.75) is 110 Å². The van der Waals surface area contributed by atoms with Crippen LogP contribution in [-0.4, -0.2) is 23.9 Å². The maximum absolute atomic E-state index is 12.2. The predicted molar refractivity (Wildman–Crippen MR) is 230 cm³/mol. The molecule has 4 aromatic rings. The first-order chi connectivity index (χ1) is 29.4. The highest BCUT2D eigenvalue weighted by molar-refractivity contribution is 6.15. The molecule has 4 aliphatic carbocycles. The largest absolute Gasteiger partial charge is 0.457 e. The van der Waals surface area contributed by atoms with Crippen LogP contribution in [0.1, 0.15) is 157 Å². The Bertz CT molecular complexity index is 2290. The fourth-order valence-corrected chi connectivity index (χ4v) is 13.9. The molecular weight excluding hydrogens is 765 g/mol. The van der Waals surface area contributed by atoms with Gasteiger partial charge in [0.2, 0.25) is 0 Å². The number of esters is 4. The lowest BCUT2D eigenvalue weighted by atomic mass is 9.42. The molecule has 61 heavy (non-hydrogen) atoms. The van der Waals surface area contributed by atoms with Gasteiger partial charge in [-0.25, -0.2) is 19.2 Å². The van der Waals surface area contributed by atoms with E-state index >= 15 is 0 Å². The van der Waals surface area contributed by atoms with Gasteiger partial charge < -0.3 is 18.9 Å². The molecular formula is C53H56O8. The Morgan fingerprint density at radius 2 is 1.11 bits per heavy atom. The van der Waals surface area contributed by atoms with Gasteiger partial charge in [0.1, 0.15) is 23.0 Å². The number of rotatable bonds is 10. The first-order valence-electron chi connectivity index (χ1n) is 22.8. The molecule has 0 amide bonds. The van der Waals surface area contributed by atoms with Crippen LogP contribution < -0.4 is 9.47 Å². The first kappa shape index (κ1) is 39.9. The SMILES string of the molecule is CCCCC(C)C1CCC2C3CCC4CC(c5ccc(Oc6ccc7c(c6)C(=O)OC7=O)cc5)(c5ccc(Oc6ccc7c(c6)C(=O)OC7=O)cc5)CCC4(C)C3CCC12C. The lowest BCUT2D eigenvalue weighted by Crippen LogP contribution is -2.55. The zero-order valence-electron chi connectivity index (χ0n) is 35.8. The molecule has 4 saturated carbocycles. The maximum Gasteiger partial charge on any atom is 0.347 e. The highest BCUT2D eigenvalue weighted by atomic mass is 16.6. The van der Waals surface area contributed by atoms with Crippen molar-refractivity contribution in [2.24, 2.45) is 46.3 Å². The molecule has 10 rings (SSSR count). The van der Waals surface area contributed by atoms with Crippen LogP contribution in [0.3, 0.4) is 0 Å². The van der Waals surface area contributed by atoms with Gasteiger partial charge in [-0.15, -0.1) is 0 Å². The summed E-state index contributed by atoms with van der Waals surface area (Å²) < 4.78 is 22.1. The Morgan fingerprint density at radius 3 is 1.67 bits per heavy atom. The number of hydrogen-bond acceptors (Lipinski definition) is 8. The molecule has 0 N–H and O–H groups in total. The third-order valence-electron chi connectivity index (χ3n) is 17.0. The number of benzene rings is 4. The second-order valence-electron chi connectivity index (χ2n) is 19.8. The van der Waals surface area contributed by atoms with Gasteiger partial charge in [0.15, 0.2) is 0 Å². The molecule has 8 unspecified atom stereocenters. The second-order valence-corrected chi connectivity index (χ2v) is 19.8. The van der Waals surface area contributed by atoms with Gasteiger partial charge in [0.05, 0.1) is 22.3 Å². The highest BCUT2D eigenvalue weighted by Crippen LogP contribution is 2.70. The van der Waals surface area contributed by atoms with E-state index in [4.69, 9.17) is 18.9 Å². The number of cyclic esters (lactones) is 4. The van der Waals surface area contributed by atoms with Crippen molar-refractivity contribution < 1.29 is 38.1 Å². The van der Waals surface area contributed by atoms with Crippen LogP contribution in [0, 0.1) is 46.3 Å². The molecule has 0 aromatic heterocycles. The number of hydrogen-bond donors (Lipinski definition) is 0. The smallest absolute Gasteiger partial charge is 0.347 e. The second kappa shape index (κ2) is 15.0. The lowest BCUT2D eigenvalue weighted by molar-refractivity contribution is -0.122.